The molecule has 2 aromatic carbocycles. The number of anilines is 1. The smallest absolute Gasteiger partial charge is 0.234 e. The van der Waals surface area contributed by atoms with Crippen molar-refractivity contribution in [3.8, 4) is 5.69 Å². The van der Waals surface area contributed by atoms with E-state index in [9.17, 15) is 9.18 Å². The Hall–Kier alpha value is -2.19. The number of rotatable bonds is 5. The van der Waals surface area contributed by atoms with Crippen molar-refractivity contribution in [1.82, 2.24) is 14.8 Å². The van der Waals surface area contributed by atoms with E-state index in [4.69, 9.17) is 0 Å². The second-order valence-electron chi connectivity index (χ2n) is 5.61. The van der Waals surface area contributed by atoms with Gasteiger partial charge in [-0.1, -0.05) is 45.9 Å². The Kier molecular flexibility index (Phi) is 5.73. The lowest BCUT2D eigenvalue weighted by Gasteiger charge is -2.11. The van der Waals surface area contributed by atoms with Crippen LogP contribution in [0.4, 0.5) is 10.1 Å². The second-order valence-corrected chi connectivity index (χ2v) is 7.47. The number of hydrogen-bond acceptors (Lipinski definition) is 4. The molecule has 0 aliphatic rings. The number of thioether (sulfide) groups is 1. The molecule has 0 bridgehead atoms. The maximum atomic E-state index is 13.8. The Morgan fingerprint density at radius 2 is 2.00 bits per heavy atom. The Balaban J connectivity index is 1.73. The minimum absolute atomic E-state index is 0.0967. The third kappa shape index (κ3) is 4.13. The van der Waals surface area contributed by atoms with Crippen LogP contribution in [0.15, 0.2) is 52.1 Å². The van der Waals surface area contributed by atoms with E-state index in [0.29, 0.717) is 9.63 Å². The van der Waals surface area contributed by atoms with Gasteiger partial charge in [-0.15, -0.1) is 10.2 Å². The lowest BCUT2D eigenvalue weighted by atomic mass is 10.2. The minimum Gasteiger partial charge on any atom is -0.323 e. The molecule has 0 fully saturated rings. The molecule has 134 valence electrons. The van der Waals surface area contributed by atoms with Gasteiger partial charge in [0.05, 0.1) is 17.1 Å². The lowest BCUT2D eigenvalue weighted by Crippen LogP contribution is -2.15. The molecule has 1 aromatic heterocycles. The molecule has 1 N–H and O–H groups in total. The Morgan fingerprint density at radius 3 is 2.73 bits per heavy atom. The summed E-state index contributed by atoms with van der Waals surface area (Å²) < 4.78 is 16.4. The van der Waals surface area contributed by atoms with Crippen LogP contribution in [0.5, 0.6) is 0 Å². The van der Waals surface area contributed by atoms with Gasteiger partial charge in [-0.3, -0.25) is 9.36 Å². The van der Waals surface area contributed by atoms with Gasteiger partial charge < -0.3 is 5.32 Å². The molecule has 3 aromatic rings. The molecule has 26 heavy (non-hydrogen) atoms. The third-order valence-electron chi connectivity index (χ3n) is 3.69. The first-order chi connectivity index (χ1) is 12.5. The van der Waals surface area contributed by atoms with Crippen molar-refractivity contribution in [2.24, 2.45) is 0 Å². The molecule has 0 aliphatic carbocycles. The topological polar surface area (TPSA) is 59.8 Å². The van der Waals surface area contributed by atoms with Gasteiger partial charge in [0.25, 0.3) is 0 Å². The number of hydrogen-bond donors (Lipinski definition) is 1. The Bertz CT molecular complexity index is 960. The number of aromatic nitrogens is 3. The minimum atomic E-state index is -0.489. The summed E-state index contributed by atoms with van der Waals surface area (Å²) in [6, 6.07) is 12.4. The fourth-order valence-electron chi connectivity index (χ4n) is 2.44. The summed E-state index contributed by atoms with van der Waals surface area (Å²) >= 11 is 4.44. The molecule has 0 saturated carbocycles. The normalized spacial score (nSPS) is 10.8. The fraction of sp³-hybridized carbons (Fsp3) is 0.167. The standard InChI is InChI=1S/C18H16BrFN4OS/c1-11-5-3-4-6-16(11)24-12(2)22-23-18(24)26-10-17(25)21-15-8-7-13(19)9-14(15)20/h3-9H,10H2,1-2H3,(H,21,25). The van der Waals surface area contributed by atoms with Crippen molar-refractivity contribution in [1.29, 1.82) is 0 Å². The van der Waals surface area contributed by atoms with Crippen molar-refractivity contribution in [3.05, 3.63) is 64.1 Å². The molecular formula is C18H16BrFN4OS. The van der Waals surface area contributed by atoms with Gasteiger partial charge in [-0.25, -0.2) is 4.39 Å². The zero-order valence-corrected chi connectivity index (χ0v) is 16.6. The number of nitrogens with one attached hydrogen (secondary N) is 1. The first kappa shape index (κ1) is 18.6. The van der Waals surface area contributed by atoms with Crippen molar-refractivity contribution in [3.63, 3.8) is 0 Å². The molecule has 0 spiro atoms. The third-order valence-corrected chi connectivity index (χ3v) is 5.11. The van der Waals surface area contributed by atoms with Gasteiger partial charge in [-0.2, -0.15) is 0 Å². The first-order valence-electron chi connectivity index (χ1n) is 7.81. The van der Waals surface area contributed by atoms with Crippen molar-refractivity contribution >= 4 is 39.3 Å². The largest absolute Gasteiger partial charge is 0.323 e. The number of nitrogens with zero attached hydrogens (tertiary/aromatic N) is 3. The van der Waals surface area contributed by atoms with E-state index >= 15 is 0 Å². The maximum Gasteiger partial charge on any atom is 0.234 e. The fourth-order valence-corrected chi connectivity index (χ4v) is 3.56. The van der Waals surface area contributed by atoms with Gasteiger partial charge in [0.1, 0.15) is 11.6 Å². The molecule has 8 heteroatoms. The van der Waals surface area contributed by atoms with Crippen molar-refractivity contribution in [2.75, 3.05) is 11.1 Å². The number of carbonyl (C=O) groups excluding carboxylic acids is 1. The van der Waals surface area contributed by atoms with Gasteiger partial charge in [0.15, 0.2) is 5.16 Å². The van der Waals surface area contributed by atoms with Crippen LogP contribution >= 0.6 is 27.7 Å². The van der Waals surface area contributed by atoms with Crippen LogP contribution in [0.3, 0.4) is 0 Å². The van der Waals surface area contributed by atoms with E-state index in [1.165, 1.54) is 23.9 Å². The molecule has 0 aliphatic heterocycles. The van der Waals surface area contributed by atoms with Gasteiger partial charge >= 0.3 is 0 Å². The summed E-state index contributed by atoms with van der Waals surface area (Å²) in [5, 5.41) is 11.5. The van der Waals surface area contributed by atoms with Crippen LogP contribution < -0.4 is 5.32 Å². The monoisotopic (exact) mass is 434 g/mol. The molecule has 1 heterocycles. The highest BCUT2D eigenvalue weighted by Crippen LogP contribution is 2.24. The Morgan fingerprint density at radius 1 is 1.23 bits per heavy atom. The summed E-state index contributed by atoms with van der Waals surface area (Å²) in [6.45, 7) is 3.87. The molecule has 3 rings (SSSR count). The van der Waals surface area contributed by atoms with Crippen LogP contribution in [-0.2, 0) is 4.79 Å². The highest BCUT2D eigenvalue weighted by atomic mass is 79.9. The van der Waals surface area contributed by atoms with E-state index in [1.54, 1.807) is 6.07 Å². The summed E-state index contributed by atoms with van der Waals surface area (Å²) in [5.74, 6) is 0.0329. The number of amides is 1. The van der Waals surface area contributed by atoms with Gasteiger partial charge in [0.2, 0.25) is 5.91 Å². The predicted molar refractivity (Wildman–Crippen MR) is 104 cm³/mol. The SMILES string of the molecule is Cc1ccccc1-n1c(C)nnc1SCC(=O)Nc1ccc(Br)cc1F. The summed E-state index contributed by atoms with van der Waals surface area (Å²) in [7, 11) is 0. The predicted octanol–water partition coefficient (Wildman–Crippen LogP) is 4.52. The van der Waals surface area contributed by atoms with Crippen molar-refractivity contribution in [2.45, 2.75) is 19.0 Å². The quantitative estimate of drug-likeness (QED) is 0.599. The summed E-state index contributed by atoms with van der Waals surface area (Å²) in [5.41, 5.74) is 2.20. The van der Waals surface area contributed by atoms with Gasteiger partial charge in [0, 0.05) is 4.47 Å². The first-order valence-corrected chi connectivity index (χ1v) is 9.59. The molecule has 0 atom stereocenters. The number of halogens is 2. The van der Waals surface area contributed by atoms with E-state index in [0.717, 1.165) is 17.1 Å². The molecular weight excluding hydrogens is 419 g/mol. The Labute approximate surface area is 163 Å². The van der Waals surface area contributed by atoms with Crippen molar-refractivity contribution < 1.29 is 9.18 Å². The molecule has 0 saturated heterocycles. The highest BCUT2D eigenvalue weighted by Gasteiger charge is 2.15. The van der Waals surface area contributed by atoms with Crippen LogP contribution in [0.1, 0.15) is 11.4 Å². The van der Waals surface area contributed by atoms with Gasteiger partial charge in [-0.05, 0) is 43.7 Å². The number of aryl methyl sites for hydroxylation is 2. The number of para-hydroxylation sites is 1. The molecule has 0 radical (unpaired) electrons. The second kappa shape index (κ2) is 8.01. The molecule has 1 amide bonds. The van der Waals surface area contributed by atoms with Crippen LogP contribution in [0.25, 0.3) is 5.69 Å². The lowest BCUT2D eigenvalue weighted by molar-refractivity contribution is -0.113. The maximum absolute atomic E-state index is 13.8. The van der Waals surface area contributed by atoms with Crippen LogP contribution in [0, 0.1) is 19.7 Å². The number of carbonyl (C=O) groups is 1. The van der Waals surface area contributed by atoms with E-state index in [-0.39, 0.29) is 17.3 Å². The van der Waals surface area contributed by atoms with E-state index in [2.05, 4.69) is 31.4 Å². The average molecular weight is 435 g/mol. The van der Waals surface area contributed by atoms with Crippen LogP contribution in [0.2, 0.25) is 0 Å². The number of benzene rings is 2. The van der Waals surface area contributed by atoms with E-state index in [1.807, 2.05) is 42.7 Å². The highest BCUT2D eigenvalue weighted by molar-refractivity contribution is 9.10. The molecule has 0 unspecified atom stereocenters. The summed E-state index contributed by atoms with van der Waals surface area (Å²) in [6.07, 6.45) is 0. The zero-order chi connectivity index (χ0) is 18.7. The van der Waals surface area contributed by atoms with Crippen LogP contribution in [-0.4, -0.2) is 26.4 Å². The van der Waals surface area contributed by atoms with E-state index < -0.39 is 5.82 Å². The average Bonchev–Trinajstić information content (AvgIpc) is 2.97. The zero-order valence-electron chi connectivity index (χ0n) is 14.2. The summed E-state index contributed by atoms with van der Waals surface area (Å²) in [4.78, 5) is 12.2. The molecule has 5 nitrogen and oxygen atoms in total.